The Kier molecular flexibility index (Phi) is 2.88. The Morgan fingerprint density at radius 2 is 2.07 bits per heavy atom. The number of halogens is 1. The second-order valence-electron chi connectivity index (χ2n) is 3.28. The van der Waals surface area contributed by atoms with Crippen LogP contribution in [0.15, 0.2) is 42.7 Å². The van der Waals surface area contributed by atoms with Crippen molar-refractivity contribution in [3.8, 4) is 0 Å². The zero-order chi connectivity index (χ0) is 10.7. The lowest BCUT2D eigenvalue weighted by molar-refractivity contribution is 1.32. The van der Waals surface area contributed by atoms with Crippen LogP contribution in [0.4, 0.5) is 11.4 Å². The lowest BCUT2D eigenvalue weighted by Gasteiger charge is -2.09. The Hall–Kier alpha value is -1.54. The topological polar surface area (TPSA) is 24.9 Å². The summed E-state index contributed by atoms with van der Waals surface area (Å²) in [5.41, 5.74) is 3.02. The van der Waals surface area contributed by atoms with Gasteiger partial charge in [-0.2, -0.15) is 0 Å². The number of pyridine rings is 1. The minimum Gasteiger partial charge on any atom is -0.354 e. The van der Waals surface area contributed by atoms with E-state index in [1.807, 2.05) is 37.3 Å². The predicted octanol–water partition coefficient (Wildman–Crippen LogP) is 3.79. The van der Waals surface area contributed by atoms with E-state index in [0.717, 1.165) is 22.0 Å². The molecule has 1 aromatic carbocycles. The van der Waals surface area contributed by atoms with Crippen molar-refractivity contribution < 1.29 is 0 Å². The number of aromatic nitrogens is 1. The summed E-state index contributed by atoms with van der Waals surface area (Å²) in [6.45, 7) is 1.99. The fourth-order valence-electron chi connectivity index (χ4n) is 1.34. The summed E-state index contributed by atoms with van der Waals surface area (Å²) < 4.78 is 0. The average molecular weight is 219 g/mol. The predicted molar refractivity (Wildman–Crippen MR) is 63.7 cm³/mol. The second kappa shape index (κ2) is 4.32. The highest BCUT2D eigenvalue weighted by atomic mass is 35.5. The van der Waals surface area contributed by atoms with Crippen molar-refractivity contribution in [1.29, 1.82) is 0 Å². The minimum absolute atomic E-state index is 0.767. The van der Waals surface area contributed by atoms with Crippen LogP contribution in [0, 0.1) is 6.92 Å². The zero-order valence-electron chi connectivity index (χ0n) is 8.37. The van der Waals surface area contributed by atoms with Crippen LogP contribution in [0.2, 0.25) is 5.02 Å². The van der Waals surface area contributed by atoms with Crippen molar-refractivity contribution in [2.45, 2.75) is 6.92 Å². The van der Waals surface area contributed by atoms with Crippen molar-refractivity contribution >= 4 is 23.0 Å². The van der Waals surface area contributed by atoms with Crippen LogP contribution in [-0.4, -0.2) is 4.98 Å². The van der Waals surface area contributed by atoms with Gasteiger partial charge in [-0.05, 0) is 36.8 Å². The van der Waals surface area contributed by atoms with Crippen LogP contribution < -0.4 is 5.32 Å². The molecule has 0 unspecified atom stereocenters. The highest BCUT2D eigenvalue weighted by molar-refractivity contribution is 6.31. The molecule has 15 heavy (non-hydrogen) atoms. The molecule has 0 saturated heterocycles. The molecule has 3 heteroatoms. The number of anilines is 2. The van der Waals surface area contributed by atoms with Gasteiger partial charge in [0.2, 0.25) is 0 Å². The fraction of sp³-hybridized carbons (Fsp3) is 0.0833. The lowest BCUT2D eigenvalue weighted by Crippen LogP contribution is -1.93. The first-order valence-electron chi connectivity index (χ1n) is 4.69. The molecule has 0 saturated carbocycles. The average Bonchev–Trinajstić information content (AvgIpc) is 2.26. The molecule has 0 aliphatic heterocycles. The third-order valence-corrected chi connectivity index (χ3v) is 2.62. The van der Waals surface area contributed by atoms with Crippen LogP contribution in [0.5, 0.6) is 0 Å². The molecular weight excluding hydrogens is 208 g/mol. The van der Waals surface area contributed by atoms with Gasteiger partial charge < -0.3 is 5.32 Å². The van der Waals surface area contributed by atoms with E-state index >= 15 is 0 Å². The molecule has 1 aromatic heterocycles. The van der Waals surface area contributed by atoms with E-state index in [9.17, 15) is 0 Å². The normalized spacial score (nSPS) is 10.0. The van der Waals surface area contributed by atoms with E-state index in [-0.39, 0.29) is 0 Å². The van der Waals surface area contributed by atoms with E-state index in [1.165, 1.54) is 0 Å². The van der Waals surface area contributed by atoms with Crippen LogP contribution in [0.1, 0.15) is 5.56 Å². The van der Waals surface area contributed by atoms with E-state index in [4.69, 9.17) is 11.6 Å². The van der Waals surface area contributed by atoms with E-state index < -0.39 is 0 Å². The van der Waals surface area contributed by atoms with Gasteiger partial charge in [0.15, 0.2) is 0 Å². The quantitative estimate of drug-likeness (QED) is 0.830. The van der Waals surface area contributed by atoms with Crippen LogP contribution in [0.3, 0.4) is 0 Å². The first kappa shape index (κ1) is 9.99. The molecule has 0 aliphatic rings. The molecule has 1 N–H and O–H groups in total. The van der Waals surface area contributed by atoms with Gasteiger partial charge >= 0.3 is 0 Å². The Bertz CT molecular complexity index is 454. The van der Waals surface area contributed by atoms with Gasteiger partial charge in [0.1, 0.15) is 0 Å². The highest BCUT2D eigenvalue weighted by Gasteiger charge is 2.01. The maximum atomic E-state index is 6.02. The maximum absolute atomic E-state index is 6.02. The number of benzene rings is 1. The Morgan fingerprint density at radius 3 is 2.80 bits per heavy atom. The first-order chi connectivity index (χ1) is 7.27. The third-order valence-electron chi connectivity index (χ3n) is 2.21. The summed E-state index contributed by atoms with van der Waals surface area (Å²) >= 11 is 6.02. The van der Waals surface area contributed by atoms with E-state index in [0.29, 0.717) is 0 Å². The number of nitrogens with zero attached hydrogens (tertiary/aromatic N) is 1. The standard InChI is InChI=1S/C12H11ClN2/c1-9-11(13)5-2-6-12(9)15-10-4-3-7-14-8-10/h2-8,15H,1H3. The molecule has 2 rings (SSSR count). The molecule has 2 nitrogen and oxygen atoms in total. The van der Waals surface area contributed by atoms with Gasteiger partial charge in [0.25, 0.3) is 0 Å². The molecule has 0 fully saturated rings. The largest absolute Gasteiger partial charge is 0.354 e. The van der Waals surface area contributed by atoms with Gasteiger partial charge in [-0.3, -0.25) is 4.98 Å². The molecule has 0 radical (unpaired) electrons. The third kappa shape index (κ3) is 2.28. The van der Waals surface area contributed by atoms with Crippen molar-refractivity contribution in [3.05, 3.63) is 53.3 Å². The van der Waals surface area contributed by atoms with Crippen LogP contribution in [-0.2, 0) is 0 Å². The molecule has 76 valence electrons. The summed E-state index contributed by atoms with van der Waals surface area (Å²) in [5.74, 6) is 0. The number of rotatable bonds is 2. The highest BCUT2D eigenvalue weighted by Crippen LogP contribution is 2.25. The Labute approximate surface area is 93.9 Å². The molecular formula is C12H11ClN2. The second-order valence-corrected chi connectivity index (χ2v) is 3.69. The molecule has 0 spiro atoms. The number of hydrogen-bond donors (Lipinski definition) is 1. The summed E-state index contributed by atoms with van der Waals surface area (Å²) in [7, 11) is 0. The lowest BCUT2D eigenvalue weighted by atomic mass is 10.2. The zero-order valence-corrected chi connectivity index (χ0v) is 9.12. The molecule has 2 aromatic rings. The Morgan fingerprint density at radius 1 is 1.20 bits per heavy atom. The van der Waals surface area contributed by atoms with Gasteiger partial charge in [-0.15, -0.1) is 0 Å². The van der Waals surface area contributed by atoms with Crippen LogP contribution >= 0.6 is 11.6 Å². The van der Waals surface area contributed by atoms with Gasteiger partial charge in [-0.25, -0.2) is 0 Å². The summed E-state index contributed by atoms with van der Waals surface area (Å²) in [4.78, 5) is 4.04. The van der Waals surface area contributed by atoms with Crippen molar-refractivity contribution in [3.63, 3.8) is 0 Å². The van der Waals surface area contributed by atoms with Gasteiger partial charge in [0, 0.05) is 16.9 Å². The monoisotopic (exact) mass is 218 g/mol. The molecule has 0 bridgehead atoms. The smallest absolute Gasteiger partial charge is 0.0570 e. The number of nitrogens with one attached hydrogen (secondary N) is 1. The van der Waals surface area contributed by atoms with Crippen molar-refractivity contribution in [1.82, 2.24) is 4.98 Å². The van der Waals surface area contributed by atoms with Crippen molar-refractivity contribution in [2.75, 3.05) is 5.32 Å². The fourth-order valence-corrected chi connectivity index (χ4v) is 1.51. The first-order valence-corrected chi connectivity index (χ1v) is 5.07. The van der Waals surface area contributed by atoms with Gasteiger partial charge in [0.05, 0.1) is 11.9 Å². The Balaban J connectivity index is 2.29. The van der Waals surface area contributed by atoms with E-state index in [2.05, 4.69) is 10.3 Å². The minimum atomic E-state index is 0.767. The van der Waals surface area contributed by atoms with Gasteiger partial charge in [-0.1, -0.05) is 17.7 Å². The summed E-state index contributed by atoms with van der Waals surface area (Å²) in [6, 6.07) is 9.66. The molecule has 1 heterocycles. The molecule has 0 aliphatic carbocycles. The number of hydrogen-bond acceptors (Lipinski definition) is 2. The molecule has 0 atom stereocenters. The van der Waals surface area contributed by atoms with E-state index in [1.54, 1.807) is 12.4 Å². The maximum Gasteiger partial charge on any atom is 0.0570 e. The SMILES string of the molecule is Cc1c(Cl)cccc1Nc1cccnc1. The van der Waals surface area contributed by atoms with Crippen LogP contribution in [0.25, 0.3) is 0 Å². The molecule has 0 amide bonds. The summed E-state index contributed by atoms with van der Waals surface area (Å²) in [6.07, 6.45) is 3.52. The summed E-state index contributed by atoms with van der Waals surface area (Å²) in [5, 5.41) is 4.03. The van der Waals surface area contributed by atoms with Crippen molar-refractivity contribution in [2.24, 2.45) is 0 Å².